The molecule has 82 heavy (non-hydrogen) atoms. The van der Waals surface area contributed by atoms with Gasteiger partial charge in [-0.1, -0.05) is 51.3 Å². The standard InChI is InChI=1S/C29H33N7O4.C28H33N9O3.2CH4/c1-18-14-24(34(4)13-12-33(2)3)25(36(38)39)15-23(18)31-29-30-16-21(28(37)40-5)26(32-29)22-17-35-11-7-9-19-8-6-10-20(22)27(19)35;1-17-13-23(35(4)12-11-34(2)3)24(37(39)40)14-22(17)31-28-30-15-20(27(38)33-29)25(32-28)21-16-36-10-6-8-18-7-5-9-19(21)26(18)36;;/h6,8,10,14-17H,7,9,11-13H2,1-5H3,(H,30,31,32);5,7,9,13-16H,6,8,10-12,29H2,1-4H3,(H,33,38)(H,30,31,32);2*1H4. The van der Waals surface area contributed by atoms with Crippen molar-refractivity contribution < 1.29 is 24.2 Å². The van der Waals surface area contributed by atoms with Gasteiger partial charge in [-0.25, -0.2) is 30.6 Å². The normalized spacial score (nSPS) is 12.2. The highest BCUT2D eigenvalue weighted by atomic mass is 16.6. The summed E-state index contributed by atoms with van der Waals surface area (Å²) in [5.41, 5.74) is 13.6. The molecule has 4 aromatic carbocycles. The van der Waals surface area contributed by atoms with E-state index >= 15 is 0 Å². The van der Waals surface area contributed by atoms with Gasteiger partial charge in [0.15, 0.2) is 0 Å². The highest BCUT2D eigenvalue weighted by molar-refractivity contribution is 6.06. The number of nitro groups is 2. The number of nitro benzene ring substituents is 2. The Morgan fingerprint density at radius 2 is 1.09 bits per heavy atom. The van der Waals surface area contributed by atoms with Crippen LogP contribution in [-0.2, 0) is 30.7 Å². The molecule has 2 aliphatic rings. The first-order valence-corrected chi connectivity index (χ1v) is 26.2. The van der Waals surface area contributed by atoms with Gasteiger partial charge in [0.25, 0.3) is 17.3 Å². The van der Waals surface area contributed by atoms with Crippen LogP contribution in [0, 0.1) is 34.1 Å². The summed E-state index contributed by atoms with van der Waals surface area (Å²) < 4.78 is 9.44. The van der Waals surface area contributed by atoms with Gasteiger partial charge in [0.05, 0.1) is 56.3 Å². The molecule has 0 saturated carbocycles. The van der Waals surface area contributed by atoms with E-state index in [0.29, 0.717) is 47.2 Å². The molecule has 0 spiro atoms. The Hall–Kier alpha value is -9.06. The zero-order chi connectivity index (χ0) is 57.1. The third kappa shape index (κ3) is 12.5. The van der Waals surface area contributed by atoms with Gasteiger partial charge in [-0.15, -0.1) is 0 Å². The number of ether oxygens (including phenoxy) is 1. The van der Waals surface area contributed by atoms with Crippen LogP contribution >= 0.6 is 0 Å². The molecule has 10 rings (SSSR count). The van der Waals surface area contributed by atoms with Crippen LogP contribution in [0.25, 0.3) is 44.3 Å². The monoisotopic (exact) mass is 1120 g/mol. The second-order valence-electron chi connectivity index (χ2n) is 20.7. The molecular formula is C59H74N16O7. The minimum Gasteiger partial charge on any atom is -0.465 e. The van der Waals surface area contributed by atoms with E-state index in [2.05, 4.69) is 47.3 Å². The van der Waals surface area contributed by atoms with Crippen molar-refractivity contribution in [3.05, 3.63) is 139 Å². The highest BCUT2D eigenvalue weighted by Gasteiger charge is 2.27. The van der Waals surface area contributed by atoms with Crippen LogP contribution in [0.2, 0.25) is 0 Å². The van der Waals surface area contributed by atoms with Gasteiger partial charge in [0.1, 0.15) is 16.9 Å². The third-order valence-corrected chi connectivity index (χ3v) is 14.6. The molecule has 0 unspecified atom stereocenters. The fraction of sp³-hybridized carbons (Fsp3) is 0.356. The number of nitrogens with two attached hydrogens (primary N) is 1. The maximum absolute atomic E-state index is 12.7. The number of carbonyl (C=O) groups is 2. The number of amides is 1. The Morgan fingerprint density at radius 1 is 0.659 bits per heavy atom. The van der Waals surface area contributed by atoms with Gasteiger partial charge >= 0.3 is 5.97 Å². The zero-order valence-corrected chi connectivity index (χ0v) is 46.5. The maximum atomic E-state index is 12.7. The van der Waals surface area contributed by atoms with Crippen molar-refractivity contribution in [1.82, 2.24) is 44.3 Å². The maximum Gasteiger partial charge on any atom is 0.341 e. The Morgan fingerprint density at radius 3 is 1.49 bits per heavy atom. The van der Waals surface area contributed by atoms with Crippen LogP contribution in [0.5, 0.6) is 0 Å². The molecule has 0 radical (unpaired) electrons. The number of hydrazine groups is 1. The Labute approximate surface area is 477 Å². The summed E-state index contributed by atoms with van der Waals surface area (Å²) in [4.78, 5) is 74.7. The molecule has 23 nitrogen and oxygen atoms in total. The molecule has 5 N–H and O–H groups in total. The number of nitrogens with one attached hydrogen (secondary N) is 3. The SMILES string of the molecule is C.C.COC(=O)c1cnc(Nc2cc([N+](=O)[O-])c(N(C)CCN(C)C)cc2C)nc1-c1cn2c3c(cccc13)CCC2.Cc1cc(N(C)CCN(C)C)c([N+](=O)[O-])cc1Nc1ncc(C(=O)NN)c(-c2cn3c4c(cccc24)CCC3)n1. The van der Waals surface area contributed by atoms with E-state index in [1.807, 2.05) is 112 Å². The molecule has 2 aliphatic heterocycles. The Bertz CT molecular complexity index is 3460. The van der Waals surface area contributed by atoms with Gasteiger partial charge < -0.3 is 44.1 Å². The van der Waals surface area contributed by atoms with Crippen LogP contribution in [-0.4, -0.2) is 136 Å². The number of likely N-dealkylation sites (N-methyl/N-ethyl adjacent to an activating group) is 4. The minimum absolute atomic E-state index is 0. The second-order valence-corrected chi connectivity index (χ2v) is 20.7. The number of hydrogen-bond donors (Lipinski definition) is 4. The number of esters is 1. The largest absolute Gasteiger partial charge is 0.465 e. The van der Waals surface area contributed by atoms with Crippen molar-refractivity contribution in [3.63, 3.8) is 0 Å². The number of anilines is 6. The number of benzene rings is 4. The molecule has 0 aliphatic carbocycles. The number of aromatic nitrogens is 6. The van der Waals surface area contributed by atoms with E-state index in [1.165, 1.54) is 42.8 Å². The van der Waals surface area contributed by atoms with Gasteiger partial charge in [-0.05, 0) is 102 Å². The summed E-state index contributed by atoms with van der Waals surface area (Å²) in [5, 5.41) is 32.3. The number of rotatable bonds is 18. The fourth-order valence-electron chi connectivity index (χ4n) is 10.4. The van der Waals surface area contributed by atoms with Crippen LogP contribution in [0.3, 0.4) is 0 Å². The first kappa shape index (κ1) is 60.6. The lowest BCUT2D eigenvalue weighted by Gasteiger charge is -2.22. The number of methoxy groups -OCH3 is 1. The predicted molar refractivity (Wildman–Crippen MR) is 325 cm³/mol. The van der Waals surface area contributed by atoms with Crippen molar-refractivity contribution >= 4 is 79.7 Å². The van der Waals surface area contributed by atoms with E-state index in [4.69, 9.17) is 20.5 Å². The molecule has 4 aromatic heterocycles. The summed E-state index contributed by atoms with van der Waals surface area (Å²) in [6, 6.07) is 18.9. The summed E-state index contributed by atoms with van der Waals surface area (Å²) in [7, 11) is 12.9. The van der Waals surface area contributed by atoms with Gasteiger partial charge in [0.2, 0.25) is 11.9 Å². The molecule has 0 bridgehead atoms. The van der Waals surface area contributed by atoms with Crippen molar-refractivity contribution in [2.24, 2.45) is 5.84 Å². The van der Waals surface area contributed by atoms with E-state index in [9.17, 15) is 29.8 Å². The van der Waals surface area contributed by atoms with Crippen LogP contribution in [0.4, 0.5) is 46.0 Å². The minimum atomic E-state index is -0.537. The number of para-hydroxylation sites is 2. The van der Waals surface area contributed by atoms with E-state index in [1.54, 1.807) is 12.1 Å². The van der Waals surface area contributed by atoms with Crippen molar-refractivity contribution in [3.8, 4) is 22.5 Å². The summed E-state index contributed by atoms with van der Waals surface area (Å²) >= 11 is 0. The molecule has 0 saturated heterocycles. The molecule has 0 fully saturated rings. The first-order valence-electron chi connectivity index (χ1n) is 26.2. The number of nitrogens with zero attached hydrogens (tertiary/aromatic N) is 12. The van der Waals surface area contributed by atoms with Crippen LogP contribution < -0.4 is 31.7 Å². The quantitative estimate of drug-likeness (QED) is 0.0205. The lowest BCUT2D eigenvalue weighted by atomic mass is 10.0. The Kier molecular flexibility index (Phi) is 18.9. The molecule has 8 aromatic rings. The number of aryl methyl sites for hydroxylation is 6. The molecule has 432 valence electrons. The molecule has 23 heteroatoms. The summed E-state index contributed by atoms with van der Waals surface area (Å²) in [6.45, 7) is 8.29. The van der Waals surface area contributed by atoms with Gasteiger partial charge in [0, 0.05) is 112 Å². The second kappa shape index (κ2) is 25.6. The smallest absolute Gasteiger partial charge is 0.341 e. The number of nitrogen functional groups attached to an aromatic ring is 1. The number of hydrogen-bond acceptors (Lipinski definition) is 18. The lowest BCUT2D eigenvalue weighted by molar-refractivity contribution is -0.384. The lowest BCUT2D eigenvalue weighted by Crippen LogP contribution is -2.30. The van der Waals surface area contributed by atoms with Crippen molar-refractivity contribution in [2.75, 3.05) is 96.0 Å². The predicted octanol–water partition coefficient (Wildman–Crippen LogP) is 9.67. The molecule has 1 amide bonds. The first-order chi connectivity index (χ1) is 38.3. The molecule has 0 atom stereocenters. The van der Waals surface area contributed by atoms with Gasteiger partial charge in [-0.3, -0.25) is 30.4 Å². The topological polar surface area (TPSA) is 266 Å². The average molecular weight is 1120 g/mol. The van der Waals surface area contributed by atoms with Crippen molar-refractivity contribution in [1.29, 1.82) is 0 Å². The summed E-state index contributed by atoms with van der Waals surface area (Å²) in [6.07, 6.45) is 11.0. The zero-order valence-electron chi connectivity index (χ0n) is 46.5. The van der Waals surface area contributed by atoms with Crippen LogP contribution in [0.1, 0.15) is 70.7 Å². The third-order valence-electron chi connectivity index (χ3n) is 14.6. The van der Waals surface area contributed by atoms with Crippen molar-refractivity contribution in [2.45, 2.75) is 67.5 Å². The number of carbonyl (C=O) groups excluding carboxylic acids is 2. The molecule has 6 heterocycles. The molecular weight excluding hydrogens is 1040 g/mol. The summed E-state index contributed by atoms with van der Waals surface area (Å²) in [5.74, 6) is 4.87. The van der Waals surface area contributed by atoms with E-state index in [0.717, 1.165) is 95.9 Å². The van der Waals surface area contributed by atoms with E-state index < -0.39 is 11.9 Å². The van der Waals surface area contributed by atoms with Crippen LogP contribution in [0.15, 0.2) is 85.5 Å². The van der Waals surface area contributed by atoms with Gasteiger partial charge in [-0.2, -0.15) is 0 Å². The highest BCUT2D eigenvalue weighted by Crippen LogP contribution is 2.40. The average Bonchev–Trinajstić information content (AvgIpc) is 4.26. The van der Waals surface area contributed by atoms with E-state index in [-0.39, 0.29) is 59.1 Å². The Balaban J connectivity index is 0.000000230. The fourth-order valence-corrected chi connectivity index (χ4v) is 10.4.